The Morgan fingerprint density at radius 3 is 2.62 bits per heavy atom. The Kier molecular flexibility index (Phi) is 4.35. The normalized spacial score (nSPS) is 12.4. The average molecular weight is 222 g/mol. The molecule has 88 valence electrons. The predicted molar refractivity (Wildman–Crippen MR) is 62.6 cm³/mol. The number of phenols is 1. The van der Waals surface area contributed by atoms with Gasteiger partial charge in [-0.05, 0) is 36.5 Å². The SMILES string of the molecule is CC[C@H](CC(=O)O)Cc1ccc(C)c(O)c1. The second-order valence-corrected chi connectivity index (χ2v) is 4.20. The topological polar surface area (TPSA) is 57.5 Å². The van der Waals surface area contributed by atoms with Gasteiger partial charge in [0.15, 0.2) is 0 Å². The third-order valence-corrected chi connectivity index (χ3v) is 2.84. The monoisotopic (exact) mass is 222 g/mol. The summed E-state index contributed by atoms with van der Waals surface area (Å²) in [5, 5.41) is 18.3. The Morgan fingerprint density at radius 2 is 2.12 bits per heavy atom. The van der Waals surface area contributed by atoms with Crippen molar-refractivity contribution in [2.24, 2.45) is 5.92 Å². The standard InChI is InChI=1S/C13H18O3/c1-3-10(8-13(15)16)6-11-5-4-9(2)12(14)7-11/h4-5,7,10,14H,3,6,8H2,1-2H3,(H,15,16)/t10-/m0/s1. The number of carboxylic acids is 1. The summed E-state index contributed by atoms with van der Waals surface area (Å²) in [5.41, 5.74) is 1.84. The van der Waals surface area contributed by atoms with Crippen LogP contribution in [-0.4, -0.2) is 16.2 Å². The Labute approximate surface area is 95.7 Å². The third kappa shape index (κ3) is 3.57. The lowest BCUT2D eigenvalue weighted by atomic mass is 9.93. The van der Waals surface area contributed by atoms with Crippen molar-refractivity contribution in [3.05, 3.63) is 29.3 Å². The van der Waals surface area contributed by atoms with E-state index in [2.05, 4.69) is 0 Å². The molecule has 16 heavy (non-hydrogen) atoms. The Bertz CT molecular complexity index is 371. The highest BCUT2D eigenvalue weighted by atomic mass is 16.4. The maximum Gasteiger partial charge on any atom is 0.303 e. The van der Waals surface area contributed by atoms with E-state index in [1.54, 1.807) is 6.07 Å². The van der Waals surface area contributed by atoms with E-state index in [0.29, 0.717) is 6.42 Å². The minimum absolute atomic E-state index is 0.139. The number of aryl methyl sites for hydroxylation is 1. The lowest BCUT2D eigenvalue weighted by molar-refractivity contribution is -0.138. The van der Waals surface area contributed by atoms with Crippen molar-refractivity contribution < 1.29 is 15.0 Å². The van der Waals surface area contributed by atoms with Gasteiger partial charge < -0.3 is 10.2 Å². The van der Waals surface area contributed by atoms with E-state index < -0.39 is 5.97 Å². The first-order valence-corrected chi connectivity index (χ1v) is 5.53. The number of carboxylic acid groups (broad SMARTS) is 1. The molecule has 0 saturated carbocycles. The van der Waals surface area contributed by atoms with E-state index >= 15 is 0 Å². The molecule has 0 radical (unpaired) electrons. The fourth-order valence-electron chi connectivity index (χ4n) is 1.72. The second-order valence-electron chi connectivity index (χ2n) is 4.20. The Hall–Kier alpha value is -1.51. The Morgan fingerprint density at radius 1 is 1.44 bits per heavy atom. The molecule has 1 atom stereocenters. The molecule has 1 rings (SSSR count). The van der Waals surface area contributed by atoms with Gasteiger partial charge in [0.2, 0.25) is 0 Å². The number of hydrogen-bond donors (Lipinski definition) is 2. The number of aromatic hydroxyl groups is 1. The van der Waals surface area contributed by atoms with Crippen LogP contribution in [-0.2, 0) is 11.2 Å². The number of carbonyl (C=O) groups is 1. The molecule has 1 aromatic rings. The summed E-state index contributed by atoms with van der Waals surface area (Å²) >= 11 is 0. The molecule has 0 aromatic heterocycles. The maximum absolute atomic E-state index is 10.6. The van der Waals surface area contributed by atoms with Crippen LogP contribution < -0.4 is 0 Å². The minimum Gasteiger partial charge on any atom is -0.508 e. The number of phenolic OH excluding ortho intramolecular Hbond substituents is 1. The zero-order chi connectivity index (χ0) is 12.1. The first-order chi connectivity index (χ1) is 7.52. The molecule has 0 aliphatic rings. The zero-order valence-electron chi connectivity index (χ0n) is 9.73. The van der Waals surface area contributed by atoms with E-state index in [1.165, 1.54) is 0 Å². The second kappa shape index (κ2) is 5.54. The van der Waals surface area contributed by atoms with Gasteiger partial charge in [-0.15, -0.1) is 0 Å². The first kappa shape index (κ1) is 12.6. The quantitative estimate of drug-likeness (QED) is 0.805. The predicted octanol–water partition coefficient (Wildman–Crippen LogP) is 2.74. The summed E-state index contributed by atoms with van der Waals surface area (Å²) in [5.74, 6) is -0.342. The van der Waals surface area contributed by atoms with E-state index in [4.69, 9.17) is 5.11 Å². The average Bonchev–Trinajstić information content (AvgIpc) is 2.22. The smallest absolute Gasteiger partial charge is 0.303 e. The van der Waals surface area contributed by atoms with Crippen molar-refractivity contribution in [2.45, 2.75) is 33.1 Å². The molecule has 0 spiro atoms. The van der Waals surface area contributed by atoms with Crippen LogP contribution in [0.4, 0.5) is 0 Å². The molecule has 0 unspecified atom stereocenters. The fourth-order valence-corrected chi connectivity index (χ4v) is 1.72. The van der Waals surface area contributed by atoms with Gasteiger partial charge in [-0.1, -0.05) is 25.5 Å². The van der Waals surface area contributed by atoms with Crippen molar-refractivity contribution in [1.29, 1.82) is 0 Å². The minimum atomic E-state index is -0.761. The van der Waals surface area contributed by atoms with Crippen molar-refractivity contribution in [1.82, 2.24) is 0 Å². The summed E-state index contributed by atoms with van der Waals surface area (Å²) in [6, 6.07) is 5.53. The summed E-state index contributed by atoms with van der Waals surface area (Å²) in [6.45, 7) is 3.83. The van der Waals surface area contributed by atoms with Gasteiger partial charge in [0, 0.05) is 6.42 Å². The van der Waals surface area contributed by atoms with E-state index in [0.717, 1.165) is 17.5 Å². The van der Waals surface area contributed by atoms with Crippen LogP contribution in [0.3, 0.4) is 0 Å². The maximum atomic E-state index is 10.6. The van der Waals surface area contributed by atoms with Crippen molar-refractivity contribution >= 4 is 5.97 Å². The van der Waals surface area contributed by atoms with Crippen LogP contribution >= 0.6 is 0 Å². The van der Waals surface area contributed by atoms with Gasteiger partial charge in [-0.3, -0.25) is 4.79 Å². The number of hydrogen-bond acceptors (Lipinski definition) is 2. The van der Waals surface area contributed by atoms with Gasteiger partial charge >= 0.3 is 5.97 Å². The number of aliphatic carboxylic acids is 1. The van der Waals surface area contributed by atoms with Crippen molar-refractivity contribution in [3.8, 4) is 5.75 Å². The molecular formula is C13H18O3. The summed E-state index contributed by atoms with van der Waals surface area (Å²) in [4.78, 5) is 10.6. The van der Waals surface area contributed by atoms with Crippen LogP contribution in [0, 0.1) is 12.8 Å². The highest BCUT2D eigenvalue weighted by molar-refractivity contribution is 5.67. The van der Waals surface area contributed by atoms with Crippen molar-refractivity contribution in [3.63, 3.8) is 0 Å². The molecule has 0 aliphatic heterocycles. The van der Waals surface area contributed by atoms with E-state index in [-0.39, 0.29) is 18.1 Å². The lowest BCUT2D eigenvalue weighted by Crippen LogP contribution is -2.09. The van der Waals surface area contributed by atoms with Gasteiger partial charge in [0.05, 0.1) is 0 Å². The van der Waals surface area contributed by atoms with Gasteiger partial charge in [-0.25, -0.2) is 0 Å². The zero-order valence-corrected chi connectivity index (χ0v) is 9.73. The number of rotatable bonds is 5. The number of benzene rings is 1. The molecule has 3 heteroatoms. The van der Waals surface area contributed by atoms with Crippen molar-refractivity contribution in [2.75, 3.05) is 0 Å². The molecule has 0 saturated heterocycles. The molecule has 0 amide bonds. The fraction of sp³-hybridized carbons (Fsp3) is 0.462. The summed E-state index contributed by atoms with van der Waals surface area (Å²) in [7, 11) is 0. The molecule has 0 heterocycles. The third-order valence-electron chi connectivity index (χ3n) is 2.84. The molecular weight excluding hydrogens is 204 g/mol. The molecule has 3 nitrogen and oxygen atoms in total. The van der Waals surface area contributed by atoms with Crippen LogP contribution in [0.1, 0.15) is 30.9 Å². The first-order valence-electron chi connectivity index (χ1n) is 5.53. The highest BCUT2D eigenvalue weighted by Crippen LogP contribution is 2.22. The van der Waals surface area contributed by atoms with Crippen LogP contribution in [0.2, 0.25) is 0 Å². The van der Waals surface area contributed by atoms with Gasteiger partial charge in [-0.2, -0.15) is 0 Å². The summed E-state index contributed by atoms with van der Waals surface area (Å²) in [6.07, 6.45) is 1.72. The molecule has 2 N–H and O–H groups in total. The van der Waals surface area contributed by atoms with Gasteiger partial charge in [0.1, 0.15) is 5.75 Å². The van der Waals surface area contributed by atoms with Crippen LogP contribution in [0.25, 0.3) is 0 Å². The largest absolute Gasteiger partial charge is 0.508 e. The highest BCUT2D eigenvalue weighted by Gasteiger charge is 2.12. The van der Waals surface area contributed by atoms with Crippen LogP contribution in [0.5, 0.6) is 5.75 Å². The summed E-state index contributed by atoms with van der Waals surface area (Å²) < 4.78 is 0. The van der Waals surface area contributed by atoms with Gasteiger partial charge in [0.25, 0.3) is 0 Å². The molecule has 0 bridgehead atoms. The van der Waals surface area contributed by atoms with E-state index in [9.17, 15) is 9.90 Å². The molecule has 0 aliphatic carbocycles. The van der Waals surface area contributed by atoms with E-state index in [1.807, 2.05) is 26.0 Å². The lowest BCUT2D eigenvalue weighted by Gasteiger charge is -2.12. The molecule has 1 aromatic carbocycles. The Balaban J connectivity index is 2.70. The molecule has 0 fully saturated rings. The van der Waals surface area contributed by atoms with Crippen LogP contribution in [0.15, 0.2) is 18.2 Å².